The number of amides is 1. The predicted octanol–water partition coefficient (Wildman–Crippen LogP) is 5.35. The summed E-state index contributed by atoms with van der Waals surface area (Å²) in [6.45, 7) is 10.9. The molecule has 1 aliphatic rings. The van der Waals surface area contributed by atoms with Crippen LogP contribution in [0, 0.1) is 13.8 Å². The number of ketones is 1. The summed E-state index contributed by atoms with van der Waals surface area (Å²) < 4.78 is 10.8. The molecule has 32 heavy (non-hydrogen) atoms. The number of hydrogen-bond acceptors (Lipinski definition) is 5. The topological polar surface area (TPSA) is 67.9 Å². The molecule has 1 heterocycles. The Hall–Kier alpha value is -3.02. The highest BCUT2D eigenvalue weighted by Crippen LogP contribution is 2.28. The van der Waals surface area contributed by atoms with Crippen molar-refractivity contribution in [3.63, 3.8) is 0 Å². The second kappa shape index (κ2) is 9.63. The van der Waals surface area contributed by atoms with Crippen molar-refractivity contribution in [2.24, 2.45) is 0 Å². The van der Waals surface area contributed by atoms with Gasteiger partial charge in [-0.15, -0.1) is 0 Å². The van der Waals surface area contributed by atoms with Crippen LogP contribution in [0.5, 0.6) is 5.75 Å². The first-order valence-electron chi connectivity index (χ1n) is 11.1. The minimum Gasteiger partial charge on any atom is -0.497 e. The minimum absolute atomic E-state index is 0.0323. The van der Waals surface area contributed by atoms with Crippen LogP contribution in [0.15, 0.2) is 36.4 Å². The smallest absolute Gasteiger partial charge is 0.410 e. The highest BCUT2D eigenvalue weighted by atomic mass is 16.6. The van der Waals surface area contributed by atoms with Crippen LogP contribution in [0.3, 0.4) is 0 Å². The largest absolute Gasteiger partial charge is 0.497 e. The lowest BCUT2D eigenvalue weighted by Gasteiger charge is -2.34. The van der Waals surface area contributed by atoms with Crippen LogP contribution in [-0.4, -0.2) is 48.6 Å². The normalized spacial score (nSPS) is 14.8. The molecule has 172 valence electrons. The second-order valence-electron chi connectivity index (χ2n) is 9.45. The maximum Gasteiger partial charge on any atom is 0.410 e. The molecule has 1 amide bonds. The minimum atomic E-state index is -0.499. The lowest BCUT2D eigenvalue weighted by atomic mass is 9.94. The van der Waals surface area contributed by atoms with Crippen LogP contribution in [0.4, 0.5) is 10.5 Å². The van der Waals surface area contributed by atoms with Gasteiger partial charge in [0.05, 0.1) is 7.11 Å². The van der Waals surface area contributed by atoms with Gasteiger partial charge in [-0.3, -0.25) is 4.79 Å². The van der Waals surface area contributed by atoms with Gasteiger partial charge in [-0.1, -0.05) is 18.2 Å². The van der Waals surface area contributed by atoms with Gasteiger partial charge in [0, 0.05) is 35.9 Å². The van der Waals surface area contributed by atoms with Crippen LogP contribution < -0.4 is 10.1 Å². The summed E-state index contributed by atoms with van der Waals surface area (Å²) in [4.78, 5) is 27.5. The molecule has 1 aliphatic heterocycles. The van der Waals surface area contributed by atoms with Gasteiger partial charge >= 0.3 is 6.09 Å². The van der Waals surface area contributed by atoms with Gasteiger partial charge in [-0.05, 0) is 76.8 Å². The van der Waals surface area contributed by atoms with Crippen LogP contribution in [-0.2, 0) is 4.74 Å². The Kier molecular flexibility index (Phi) is 7.12. The summed E-state index contributed by atoms with van der Waals surface area (Å²) in [5.74, 6) is 0.625. The van der Waals surface area contributed by atoms with E-state index in [4.69, 9.17) is 9.47 Å². The first kappa shape index (κ1) is 23.6. The number of aryl methyl sites for hydroxylation is 2. The molecule has 0 bridgehead atoms. The molecule has 1 N–H and O–H groups in total. The fraction of sp³-hybridized carbons (Fsp3) is 0.462. The molecule has 2 aromatic carbocycles. The number of carbonyl (C=O) groups excluding carboxylic acids is 2. The van der Waals surface area contributed by atoms with Crippen molar-refractivity contribution in [1.29, 1.82) is 0 Å². The van der Waals surface area contributed by atoms with Gasteiger partial charge < -0.3 is 19.7 Å². The summed E-state index contributed by atoms with van der Waals surface area (Å²) in [5.41, 5.74) is 3.65. The number of benzene rings is 2. The van der Waals surface area contributed by atoms with Crippen molar-refractivity contribution in [2.45, 2.75) is 59.1 Å². The van der Waals surface area contributed by atoms with E-state index in [9.17, 15) is 9.59 Å². The Morgan fingerprint density at radius 3 is 2.38 bits per heavy atom. The Morgan fingerprint density at radius 1 is 1.06 bits per heavy atom. The van der Waals surface area contributed by atoms with Gasteiger partial charge in [-0.25, -0.2) is 4.79 Å². The number of rotatable bonds is 5. The molecule has 1 fully saturated rings. The number of hydrogen-bond donors (Lipinski definition) is 1. The first-order chi connectivity index (χ1) is 15.1. The highest BCUT2D eigenvalue weighted by Gasteiger charge is 2.28. The Morgan fingerprint density at radius 2 is 1.75 bits per heavy atom. The SMILES string of the molecule is COc1cccc(C(=O)c2c(C)cc(C)cc2NC2CCN(C(=O)OC(C)(C)C)CC2)c1. The number of anilines is 1. The van der Waals surface area contributed by atoms with E-state index < -0.39 is 5.60 Å². The first-order valence-corrected chi connectivity index (χ1v) is 11.1. The summed E-state index contributed by atoms with van der Waals surface area (Å²) in [5, 5.41) is 3.59. The van der Waals surface area contributed by atoms with E-state index in [2.05, 4.69) is 5.32 Å². The maximum atomic E-state index is 13.4. The van der Waals surface area contributed by atoms with Crippen molar-refractivity contribution >= 4 is 17.6 Å². The number of likely N-dealkylation sites (tertiary alicyclic amines) is 1. The van der Waals surface area contributed by atoms with Gasteiger partial charge in [0.15, 0.2) is 5.78 Å². The zero-order chi connectivity index (χ0) is 23.5. The summed E-state index contributed by atoms with van der Waals surface area (Å²) in [7, 11) is 1.59. The third kappa shape index (κ3) is 5.81. The molecule has 0 radical (unpaired) electrons. The van der Waals surface area contributed by atoms with Crippen molar-refractivity contribution in [3.05, 3.63) is 58.7 Å². The van der Waals surface area contributed by atoms with Crippen LogP contribution >= 0.6 is 0 Å². The maximum absolute atomic E-state index is 13.4. The van der Waals surface area contributed by atoms with Crippen LogP contribution in [0.2, 0.25) is 0 Å². The van der Waals surface area contributed by atoms with E-state index in [0.717, 1.165) is 29.7 Å². The predicted molar refractivity (Wildman–Crippen MR) is 127 cm³/mol. The number of piperidine rings is 1. The van der Waals surface area contributed by atoms with Crippen LogP contribution in [0.25, 0.3) is 0 Å². The quantitative estimate of drug-likeness (QED) is 0.637. The molecule has 0 spiro atoms. The molecule has 0 saturated carbocycles. The van der Waals surface area contributed by atoms with Crippen molar-refractivity contribution in [1.82, 2.24) is 4.90 Å². The number of ether oxygens (including phenoxy) is 2. The zero-order valence-electron chi connectivity index (χ0n) is 20.0. The average molecular weight is 439 g/mol. The highest BCUT2D eigenvalue weighted by molar-refractivity contribution is 6.13. The van der Waals surface area contributed by atoms with Crippen molar-refractivity contribution in [3.8, 4) is 5.75 Å². The lowest BCUT2D eigenvalue weighted by Crippen LogP contribution is -2.44. The van der Waals surface area contributed by atoms with E-state index in [1.165, 1.54) is 0 Å². The Balaban J connectivity index is 1.76. The third-order valence-electron chi connectivity index (χ3n) is 5.55. The van der Waals surface area contributed by atoms with E-state index in [0.29, 0.717) is 30.0 Å². The molecule has 6 nitrogen and oxygen atoms in total. The van der Waals surface area contributed by atoms with Gasteiger partial charge in [0.2, 0.25) is 0 Å². The van der Waals surface area contributed by atoms with Gasteiger partial charge in [0.1, 0.15) is 11.4 Å². The molecule has 0 aliphatic carbocycles. The fourth-order valence-corrected chi connectivity index (χ4v) is 4.04. The third-order valence-corrected chi connectivity index (χ3v) is 5.55. The Labute approximate surface area is 190 Å². The molecule has 3 rings (SSSR count). The molecule has 6 heteroatoms. The molecular weight excluding hydrogens is 404 g/mol. The molecular formula is C26H34N2O4. The molecule has 1 saturated heterocycles. The molecule has 2 aromatic rings. The lowest BCUT2D eigenvalue weighted by molar-refractivity contribution is 0.0210. The summed E-state index contributed by atoms with van der Waals surface area (Å²) >= 11 is 0. The van der Waals surface area contributed by atoms with Crippen molar-refractivity contribution < 1.29 is 19.1 Å². The molecule has 0 atom stereocenters. The average Bonchev–Trinajstić information content (AvgIpc) is 2.72. The number of carbonyl (C=O) groups is 2. The second-order valence-corrected chi connectivity index (χ2v) is 9.45. The number of methoxy groups -OCH3 is 1. The van der Waals surface area contributed by atoms with E-state index >= 15 is 0 Å². The van der Waals surface area contributed by atoms with E-state index in [1.54, 1.807) is 18.1 Å². The summed E-state index contributed by atoms with van der Waals surface area (Å²) in [6.07, 6.45) is 1.31. The standard InChI is InChI=1S/C26H34N2O4/c1-17-14-18(2)23(24(29)19-8-7-9-21(16-19)31-6)22(15-17)27-20-10-12-28(13-11-20)25(30)32-26(3,4)5/h7-9,14-16,20,27H,10-13H2,1-6H3. The molecule has 0 aromatic heterocycles. The van der Waals surface area contributed by atoms with Crippen molar-refractivity contribution in [2.75, 3.05) is 25.5 Å². The zero-order valence-corrected chi connectivity index (χ0v) is 20.0. The van der Waals surface area contributed by atoms with Gasteiger partial charge in [0.25, 0.3) is 0 Å². The summed E-state index contributed by atoms with van der Waals surface area (Å²) in [6, 6.07) is 11.5. The van der Waals surface area contributed by atoms with Crippen LogP contribution in [0.1, 0.15) is 60.7 Å². The van der Waals surface area contributed by atoms with E-state index in [-0.39, 0.29) is 17.9 Å². The fourth-order valence-electron chi connectivity index (χ4n) is 4.04. The van der Waals surface area contributed by atoms with E-state index in [1.807, 2.05) is 65.0 Å². The monoisotopic (exact) mass is 438 g/mol. The number of nitrogens with one attached hydrogen (secondary N) is 1. The van der Waals surface area contributed by atoms with Gasteiger partial charge in [-0.2, -0.15) is 0 Å². The molecule has 0 unspecified atom stereocenters. The number of nitrogens with zero attached hydrogens (tertiary/aromatic N) is 1. The Bertz CT molecular complexity index is 986.